The number of likely N-dealkylation sites (N-methyl/N-ethyl adjacent to an activating group) is 1. The standard InChI is InChI=1S/C69H127N2O7P/c1-7-10-13-16-19-22-25-27-29-31-32-33-34-35-36-37-38-40-41-43-46-49-52-55-58-61-68(72)70-66(65-77-79(74,75)76-64-63-71(4,5)6)67(60-57-54-51-48-45-24-21-18-15-12-9-3)78-69(73)62-59-56-53-50-47-44-42-39-30-28-26-23-20-17-14-11-8-2/h11,14,20,23,28,30,42,44,50,53,57,60,66-67H,7-10,12-13,15-19,21-22,24-27,29,31-41,43,45-49,51-52,54-56,58-59,61-65H2,1-6H3,(H-,70,72,74,75)/b14-11-,23-20-,30-28-,44-42-,53-50-,60-57-. The van der Waals surface area contributed by atoms with Crippen molar-refractivity contribution in [2.24, 2.45) is 0 Å². The zero-order valence-electron chi connectivity index (χ0n) is 52.6. The first kappa shape index (κ1) is 76.5. The van der Waals surface area contributed by atoms with Gasteiger partial charge in [0.2, 0.25) is 5.91 Å². The summed E-state index contributed by atoms with van der Waals surface area (Å²) in [6, 6.07) is -0.912. The lowest BCUT2D eigenvalue weighted by atomic mass is 10.0. The van der Waals surface area contributed by atoms with Gasteiger partial charge in [0, 0.05) is 12.8 Å². The van der Waals surface area contributed by atoms with E-state index < -0.39 is 32.5 Å². The monoisotopic (exact) mass is 1130 g/mol. The number of amides is 1. The molecule has 0 aromatic heterocycles. The number of nitrogens with one attached hydrogen (secondary N) is 1. The SMILES string of the molecule is CC/C=C\C/C=C\C/C=C\C/C=C\C/C=C\CCCC(=O)OC(/C=C\CCCCCCCCCCC)C(COP(=O)([O-])OCC[N+](C)(C)C)NC(=O)CCCCCCCCCCCCCCCCCCCCCCCCCCC. The minimum Gasteiger partial charge on any atom is -0.756 e. The van der Waals surface area contributed by atoms with Gasteiger partial charge in [-0.2, -0.15) is 0 Å². The second-order valence-corrected chi connectivity index (χ2v) is 25.0. The highest BCUT2D eigenvalue weighted by atomic mass is 31.2. The Kier molecular flexibility index (Phi) is 56.7. The first-order chi connectivity index (χ1) is 38.4. The molecular formula is C69H127N2O7P. The van der Waals surface area contributed by atoms with Crippen molar-refractivity contribution in [2.45, 2.75) is 315 Å². The van der Waals surface area contributed by atoms with Gasteiger partial charge in [0.1, 0.15) is 19.3 Å². The fourth-order valence-corrected chi connectivity index (χ4v) is 10.3. The molecule has 10 heteroatoms. The summed E-state index contributed by atoms with van der Waals surface area (Å²) in [5.74, 6) is -0.602. The van der Waals surface area contributed by atoms with E-state index in [0.717, 1.165) is 77.0 Å². The van der Waals surface area contributed by atoms with Crippen LogP contribution in [0.25, 0.3) is 0 Å². The molecule has 1 amide bonds. The third-order valence-electron chi connectivity index (χ3n) is 14.7. The summed E-state index contributed by atoms with van der Waals surface area (Å²) in [6.45, 7) is 6.71. The van der Waals surface area contributed by atoms with Crippen molar-refractivity contribution in [1.82, 2.24) is 5.32 Å². The Morgan fingerprint density at radius 3 is 1.23 bits per heavy atom. The van der Waals surface area contributed by atoms with Crippen LogP contribution in [0.4, 0.5) is 0 Å². The zero-order chi connectivity index (χ0) is 57.9. The van der Waals surface area contributed by atoms with Gasteiger partial charge in [-0.1, -0.05) is 293 Å². The van der Waals surface area contributed by atoms with Gasteiger partial charge in [0.05, 0.1) is 33.8 Å². The molecule has 3 unspecified atom stereocenters. The molecule has 3 atom stereocenters. The van der Waals surface area contributed by atoms with Crippen molar-refractivity contribution in [3.8, 4) is 0 Å². The van der Waals surface area contributed by atoms with E-state index in [-0.39, 0.29) is 18.9 Å². The number of nitrogens with zero attached hydrogens (tertiary/aromatic N) is 1. The van der Waals surface area contributed by atoms with E-state index in [0.29, 0.717) is 23.9 Å². The fourth-order valence-electron chi connectivity index (χ4n) is 9.56. The second kappa shape index (κ2) is 58.6. The number of rotatable bonds is 60. The molecule has 0 spiro atoms. The van der Waals surface area contributed by atoms with Crippen molar-refractivity contribution in [3.63, 3.8) is 0 Å². The molecule has 1 N–H and O–H groups in total. The number of allylic oxidation sites excluding steroid dienone is 11. The van der Waals surface area contributed by atoms with E-state index >= 15 is 0 Å². The summed E-state index contributed by atoms with van der Waals surface area (Å²) >= 11 is 0. The van der Waals surface area contributed by atoms with Gasteiger partial charge in [-0.3, -0.25) is 14.2 Å². The normalized spacial score (nSPS) is 14.1. The van der Waals surface area contributed by atoms with Gasteiger partial charge in [-0.25, -0.2) is 0 Å². The van der Waals surface area contributed by atoms with E-state index in [2.05, 4.69) is 86.8 Å². The van der Waals surface area contributed by atoms with Crippen molar-refractivity contribution in [2.75, 3.05) is 40.9 Å². The van der Waals surface area contributed by atoms with Crippen molar-refractivity contribution >= 4 is 19.7 Å². The number of phosphoric ester groups is 1. The lowest BCUT2D eigenvalue weighted by Crippen LogP contribution is -2.47. The van der Waals surface area contributed by atoms with Crippen LogP contribution in [-0.2, 0) is 27.9 Å². The minimum absolute atomic E-state index is 0.0319. The molecule has 0 radical (unpaired) electrons. The zero-order valence-corrected chi connectivity index (χ0v) is 53.5. The summed E-state index contributed by atoms with van der Waals surface area (Å²) in [7, 11) is 1.16. The number of quaternary nitrogens is 1. The number of hydrogen-bond donors (Lipinski definition) is 1. The molecule has 0 bridgehead atoms. The van der Waals surface area contributed by atoms with E-state index in [4.69, 9.17) is 13.8 Å². The molecule has 0 saturated heterocycles. The van der Waals surface area contributed by atoms with Crippen LogP contribution in [0.1, 0.15) is 303 Å². The number of ether oxygens (including phenoxy) is 1. The van der Waals surface area contributed by atoms with Crippen LogP contribution in [0.3, 0.4) is 0 Å². The van der Waals surface area contributed by atoms with Gasteiger partial charge in [0.25, 0.3) is 7.82 Å². The quantitative estimate of drug-likeness (QED) is 0.0212. The number of esters is 1. The summed E-state index contributed by atoms with van der Waals surface area (Å²) in [5, 5.41) is 3.02. The molecule has 460 valence electrons. The molecule has 0 aliphatic rings. The number of carbonyl (C=O) groups is 2. The molecule has 0 aromatic rings. The van der Waals surface area contributed by atoms with Crippen molar-refractivity contribution in [3.05, 3.63) is 72.9 Å². The maximum Gasteiger partial charge on any atom is 0.306 e. The van der Waals surface area contributed by atoms with Gasteiger partial charge < -0.3 is 28.5 Å². The largest absolute Gasteiger partial charge is 0.756 e. The molecule has 0 heterocycles. The molecule has 79 heavy (non-hydrogen) atoms. The molecule has 9 nitrogen and oxygen atoms in total. The number of hydrogen-bond acceptors (Lipinski definition) is 7. The Balaban J connectivity index is 5.10. The number of unbranched alkanes of at least 4 members (excludes halogenated alkanes) is 34. The maximum absolute atomic E-state index is 13.6. The highest BCUT2D eigenvalue weighted by Crippen LogP contribution is 2.38. The highest BCUT2D eigenvalue weighted by Gasteiger charge is 2.27. The summed E-state index contributed by atoms with van der Waals surface area (Å²) in [6.07, 6.45) is 76.1. The van der Waals surface area contributed by atoms with Crippen LogP contribution in [0.15, 0.2) is 72.9 Å². The van der Waals surface area contributed by atoms with Crippen molar-refractivity contribution in [1.29, 1.82) is 0 Å². The molecule has 0 aliphatic carbocycles. The van der Waals surface area contributed by atoms with Gasteiger partial charge in [-0.05, 0) is 70.3 Å². The Morgan fingerprint density at radius 2 is 0.823 bits per heavy atom. The van der Waals surface area contributed by atoms with Crippen LogP contribution < -0.4 is 10.2 Å². The van der Waals surface area contributed by atoms with Crippen LogP contribution in [-0.4, -0.2) is 69.4 Å². The van der Waals surface area contributed by atoms with Crippen LogP contribution in [0.2, 0.25) is 0 Å². The minimum atomic E-state index is -4.71. The molecule has 0 saturated carbocycles. The molecule has 0 aliphatic heterocycles. The predicted octanol–water partition coefficient (Wildman–Crippen LogP) is 20.2. The fraction of sp³-hybridized carbons (Fsp3) is 0.797. The van der Waals surface area contributed by atoms with Crippen LogP contribution in [0.5, 0.6) is 0 Å². The van der Waals surface area contributed by atoms with E-state index in [1.807, 2.05) is 33.3 Å². The number of carbonyl (C=O) groups excluding carboxylic acids is 2. The average Bonchev–Trinajstić information content (AvgIpc) is 3.41. The Morgan fingerprint density at radius 1 is 0.456 bits per heavy atom. The third kappa shape index (κ3) is 59.9. The maximum atomic E-state index is 13.6. The first-order valence-corrected chi connectivity index (χ1v) is 34.7. The summed E-state index contributed by atoms with van der Waals surface area (Å²) in [5.41, 5.74) is 0. The Bertz CT molecular complexity index is 1580. The predicted molar refractivity (Wildman–Crippen MR) is 339 cm³/mol. The Labute approximate surface area is 489 Å². The molecular weight excluding hydrogens is 1000 g/mol. The van der Waals surface area contributed by atoms with E-state index in [1.165, 1.54) is 186 Å². The molecule has 0 rings (SSSR count). The number of phosphoric acid groups is 1. The van der Waals surface area contributed by atoms with E-state index in [1.54, 1.807) is 0 Å². The summed E-state index contributed by atoms with van der Waals surface area (Å²) in [4.78, 5) is 40.0. The van der Waals surface area contributed by atoms with Crippen LogP contribution in [0, 0.1) is 0 Å². The smallest absolute Gasteiger partial charge is 0.306 e. The topological polar surface area (TPSA) is 114 Å². The van der Waals surface area contributed by atoms with Gasteiger partial charge in [-0.15, -0.1) is 0 Å². The molecule has 0 aromatic carbocycles. The second-order valence-electron chi connectivity index (χ2n) is 23.6. The van der Waals surface area contributed by atoms with Crippen molar-refractivity contribution < 1.29 is 37.3 Å². The van der Waals surface area contributed by atoms with Gasteiger partial charge >= 0.3 is 5.97 Å². The summed E-state index contributed by atoms with van der Waals surface area (Å²) < 4.78 is 30.3. The molecule has 0 fully saturated rings. The lowest BCUT2D eigenvalue weighted by Gasteiger charge is -2.30. The van der Waals surface area contributed by atoms with E-state index in [9.17, 15) is 19.0 Å². The lowest BCUT2D eigenvalue weighted by molar-refractivity contribution is -0.870. The first-order valence-electron chi connectivity index (χ1n) is 33.2. The average molecular weight is 1130 g/mol. The Hall–Kier alpha value is -2.55. The third-order valence-corrected chi connectivity index (χ3v) is 15.6. The van der Waals surface area contributed by atoms with Crippen LogP contribution >= 0.6 is 7.82 Å². The van der Waals surface area contributed by atoms with Gasteiger partial charge in [0.15, 0.2) is 0 Å². The highest BCUT2D eigenvalue weighted by molar-refractivity contribution is 7.45.